The van der Waals surface area contributed by atoms with Crippen molar-refractivity contribution in [2.45, 2.75) is 98.8 Å². The second-order valence-electron chi connectivity index (χ2n) is 6.57. The van der Waals surface area contributed by atoms with Crippen LogP contribution >= 0.6 is 8.60 Å². The van der Waals surface area contributed by atoms with Gasteiger partial charge in [0.25, 0.3) is 0 Å². The van der Waals surface area contributed by atoms with E-state index in [4.69, 9.17) is 27.9 Å². The quantitative estimate of drug-likeness (QED) is 0.141. The molecule has 0 amide bonds. The molecule has 0 fully saturated rings. The maximum atomic E-state index is 9.12. The van der Waals surface area contributed by atoms with Gasteiger partial charge in [-0.2, -0.15) is 0 Å². The van der Waals surface area contributed by atoms with Crippen LogP contribution in [0.1, 0.15) is 98.8 Å². The van der Waals surface area contributed by atoms with E-state index in [0.29, 0.717) is 13.2 Å². The van der Waals surface area contributed by atoms with Gasteiger partial charge in [-0.05, 0) is 32.1 Å². The van der Waals surface area contributed by atoms with Crippen molar-refractivity contribution in [3.8, 4) is 0 Å². The fourth-order valence-corrected chi connectivity index (χ4v) is 2.37. The summed E-state index contributed by atoms with van der Waals surface area (Å²) in [7, 11) is -2.06. The summed E-state index contributed by atoms with van der Waals surface area (Å²) in [5.41, 5.74) is 0. The average molecular weight is 424 g/mol. The summed E-state index contributed by atoms with van der Waals surface area (Å²) in [4.78, 5) is 9.12. The van der Waals surface area contributed by atoms with Crippen LogP contribution in [0.2, 0.25) is 0 Å². The first kappa shape index (κ1) is 30.4. The van der Waals surface area contributed by atoms with E-state index in [0.717, 1.165) is 84.0 Å². The predicted molar refractivity (Wildman–Crippen MR) is 119 cm³/mol. The van der Waals surface area contributed by atoms with Gasteiger partial charge in [-0.1, -0.05) is 66.7 Å². The van der Waals surface area contributed by atoms with E-state index in [2.05, 4.69) is 34.6 Å². The average Bonchev–Trinajstić information content (AvgIpc) is 2.69. The van der Waals surface area contributed by atoms with E-state index < -0.39 is 15.9 Å². The molecular weight excluding hydrogens is 378 g/mol. The van der Waals surface area contributed by atoms with Gasteiger partial charge in [-0.15, -0.1) is 0 Å². The molecule has 8 heteroatoms. The highest BCUT2D eigenvalue weighted by Gasteiger charge is 2.20. The molecule has 28 heavy (non-hydrogen) atoms. The summed E-state index contributed by atoms with van der Waals surface area (Å²) in [5, 5.41) is 0. The maximum absolute atomic E-state index is 9.12. The highest BCUT2D eigenvalue weighted by Crippen LogP contribution is 2.32. The number of rotatable bonds is 20. The van der Waals surface area contributed by atoms with Crippen LogP contribution in [0.3, 0.4) is 0 Å². The second kappa shape index (κ2) is 27.3. The minimum absolute atomic E-state index is 0.454. The lowest BCUT2D eigenvalue weighted by Gasteiger charge is -2.14. The van der Waals surface area contributed by atoms with Gasteiger partial charge in [-0.25, -0.2) is 0 Å². The van der Waals surface area contributed by atoms with Crippen molar-refractivity contribution in [2.24, 2.45) is 0 Å². The zero-order valence-electron chi connectivity index (χ0n) is 19.1. The van der Waals surface area contributed by atoms with Gasteiger partial charge in [0.05, 0.1) is 13.2 Å². The fraction of sp³-hybridized carbons (Fsp3) is 1.00. The van der Waals surface area contributed by atoms with Crippen LogP contribution in [0.15, 0.2) is 0 Å². The van der Waals surface area contributed by atoms with Gasteiger partial charge in [0.1, 0.15) is 0 Å². The van der Waals surface area contributed by atoms with E-state index in [9.17, 15) is 0 Å². The summed E-state index contributed by atoms with van der Waals surface area (Å²) < 4.78 is 26.6. The summed E-state index contributed by atoms with van der Waals surface area (Å²) in [5.74, 6) is 0. The molecule has 0 atom stereocenters. The van der Waals surface area contributed by atoms with Crippen molar-refractivity contribution in [1.29, 1.82) is 0 Å². The van der Waals surface area contributed by atoms with Crippen LogP contribution in [0, 0.1) is 0 Å². The molecule has 1 N–H and O–H groups in total. The minimum Gasteiger partial charge on any atom is -0.386 e. The highest BCUT2D eigenvalue weighted by molar-refractivity contribution is 7.40. The van der Waals surface area contributed by atoms with Gasteiger partial charge >= 0.3 is 15.9 Å². The molecule has 0 saturated carbocycles. The molecule has 0 aliphatic heterocycles. The second-order valence-corrected chi connectivity index (χ2v) is 7.57. The lowest BCUT2D eigenvalue weighted by molar-refractivity contribution is 0.0899. The zero-order valence-corrected chi connectivity index (χ0v) is 20.0. The maximum Gasteiger partial charge on any atom is 0.639 e. The van der Waals surface area contributed by atoms with Crippen molar-refractivity contribution in [2.75, 3.05) is 33.0 Å². The Labute approximate surface area is 176 Å². The molecule has 0 aromatic carbocycles. The first-order valence-electron chi connectivity index (χ1n) is 11.3. The van der Waals surface area contributed by atoms with Crippen molar-refractivity contribution < 1.29 is 27.9 Å². The lowest BCUT2D eigenvalue weighted by atomic mass is 10.2. The molecule has 0 aliphatic carbocycles. The van der Waals surface area contributed by atoms with E-state index >= 15 is 0 Å². The summed E-state index contributed by atoms with van der Waals surface area (Å²) in [6, 6.07) is 0. The van der Waals surface area contributed by atoms with Crippen LogP contribution in [-0.2, 0) is 23.0 Å². The van der Waals surface area contributed by atoms with E-state index in [1.807, 2.05) is 0 Å². The summed E-state index contributed by atoms with van der Waals surface area (Å²) >= 11 is 0. The van der Waals surface area contributed by atoms with Crippen molar-refractivity contribution in [3.63, 3.8) is 0 Å². The van der Waals surface area contributed by atoms with Crippen molar-refractivity contribution in [1.82, 2.24) is 0 Å². The molecule has 6 nitrogen and oxygen atoms in total. The van der Waals surface area contributed by atoms with Crippen molar-refractivity contribution >= 4 is 15.9 Å². The van der Waals surface area contributed by atoms with E-state index in [1.165, 1.54) is 0 Å². The number of unbranched alkanes of at least 4 members (excludes halogenated alkanes) is 5. The molecule has 0 aliphatic rings. The summed E-state index contributed by atoms with van der Waals surface area (Å²) in [6.45, 7) is 14.0. The normalized spacial score (nSPS) is 10.8. The van der Waals surface area contributed by atoms with Gasteiger partial charge in [0.2, 0.25) is 0 Å². The molecule has 0 aromatic rings. The molecule has 0 heterocycles. The molecule has 0 radical (unpaired) electrons. The monoisotopic (exact) mass is 424 g/mol. The minimum atomic E-state index is -1.60. The Kier molecular flexibility index (Phi) is 29.6. The van der Waals surface area contributed by atoms with Crippen LogP contribution < -0.4 is 0 Å². The molecule has 0 spiro atoms. The van der Waals surface area contributed by atoms with Gasteiger partial charge in [0.15, 0.2) is 0 Å². The Bertz CT molecular complexity index is 243. The third-order valence-corrected chi connectivity index (χ3v) is 4.46. The number of hydrogen-bond acceptors (Lipinski definition) is 6. The van der Waals surface area contributed by atoms with Gasteiger partial charge in [0, 0.05) is 19.8 Å². The molecular formula is C20H46BO6P. The van der Waals surface area contributed by atoms with Crippen LogP contribution in [0.4, 0.5) is 0 Å². The largest absolute Gasteiger partial charge is 0.639 e. The molecule has 0 aromatic heterocycles. The molecule has 0 saturated heterocycles. The molecule has 0 rings (SSSR count). The molecule has 0 unspecified atom stereocenters. The fourth-order valence-electron chi connectivity index (χ4n) is 1.73. The van der Waals surface area contributed by atoms with Crippen LogP contribution in [-0.4, -0.2) is 45.2 Å². The van der Waals surface area contributed by atoms with E-state index in [-0.39, 0.29) is 0 Å². The Morgan fingerprint density at radius 1 is 0.536 bits per heavy atom. The Morgan fingerprint density at radius 3 is 1.11 bits per heavy atom. The van der Waals surface area contributed by atoms with Gasteiger partial charge < -0.3 is 27.9 Å². The topological polar surface area (TPSA) is 66.4 Å². The SMILES string of the molecule is CCCCOB(OCCCC)OCCCC.CCCCOP(O)OCCCC. The molecule has 170 valence electrons. The number of hydrogen-bond donors (Lipinski definition) is 1. The first-order chi connectivity index (χ1) is 13.7. The van der Waals surface area contributed by atoms with E-state index in [1.54, 1.807) is 0 Å². The Hall–Kier alpha value is 0.255. The van der Waals surface area contributed by atoms with Crippen LogP contribution in [0.25, 0.3) is 0 Å². The third kappa shape index (κ3) is 26.3. The highest BCUT2D eigenvalue weighted by atomic mass is 31.2. The third-order valence-electron chi connectivity index (χ3n) is 3.65. The van der Waals surface area contributed by atoms with Crippen molar-refractivity contribution in [3.05, 3.63) is 0 Å². The first-order valence-corrected chi connectivity index (χ1v) is 12.4. The smallest absolute Gasteiger partial charge is 0.386 e. The summed E-state index contributed by atoms with van der Waals surface area (Å²) in [6.07, 6.45) is 10.7. The lowest BCUT2D eigenvalue weighted by Crippen LogP contribution is -2.28. The molecule has 0 bridgehead atoms. The predicted octanol–water partition coefficient (Wildman–Crippen LogP) is 6.26. The van der Waals surface area contributed by atoms with Crippen LogP contribution in [0.5, 0.6) is 0 Å². The standard InChI is InChI=1S/C12H27BO3.C8H19O3P/c1-4-7-10-14-13(15-11-8-5-2)16-12-9-6-3;1-3-5-7-10-12(9)11-8-6-4-2/h4-12H2,1-3H3;9H,3-8H2,1-2H3. The Balaban J connectivity index is 0. The Morgan fingerprint density at radius 2 is 0.821 bits per heavy atom. The zero-order chi connectivity index (χ0) is 21.3. The van der Waals surface area contributed by atoms with Gasteiger partial charge in [-0.3, -0.25) is 0 Å².